The van der Waals surface area contributed by atoms with Crippen LogP contribution in [0.1, 0.15) is 0 Å². The summed E-state index contributed by atoms with van der Waals surface area (Å²) in [5.41, 5.74) is 6.18. The molecule has 0 aliphatic heterocycles. The highest BCUT2D eigenvalue weighted by Crippen LogP contribution is 2.28. The van der Waals surface area contributed by atoms with Crippen molar-refractivity contribution >= 4 is 16.8 Å². The first-order valence-corrected chi connectivity index (χ1v) is 5.25. The van der Waals surface area contributed by atoms with Crippen LogP contribution >= 0.6 is 0 Å². The number of nitrogen functional groups attached to an aromatic ring is 1. The zero-order valence-corrected chi connectivity index (χ0v) is 9.15. The van der Waals surface area contributed by atoms with E-state index in [9.17, 15) is 8.78 Å². The molecule has 3 aromatic rings. The van der Waals surface area contributed by atoms with Crippen LogP contribution in [0.5, 0.6) is 0 Å². The first-order valence-electron chi connectivity index (χ1n) is 5.25. The molecule has 0 atom stereocenters. The summed E-state index contributed by atoms with van der Waals surface area (Å²) in [6.45, 7) is 0. The summed E-state index contributed by atoms with van der Waals surface area (Å²) >= 11 is 0. The monoisotopic (exact) mass is 246 g/mol. The highest BCUT2D eigenvalue weighted by molar-refractivity contribution is 5.80. The second kappa shape index (κ2) is 3.80. The van der Waals surface area contributed by atoms with Crippen LogP contribution in [-0.2, 0) is 0 Å². The number of fused-ring (bicyclic) bond motifs is 1. The predicted octanol–water partition coefficient (Wildman–Crippen LogP) is 3.36. The molecule has 0 bridgehead atoms. The summed E-state index contributed by atoms with van der Waals surface area (Å²) < 4.78 is 32.4. The number of hydrogen-bond acceptors (Lipinski definition) is 3. The fourth-order valence-electron chi connectivity index (χ4n) is 1.76. The molecule has 0 radical (unpaired) electrons. The van der Waals surface area contributed by atoms with Gasteiger partial charge in [0.05, 0.1) is 5.56 Å². The molecular formula is C13H8F2N2O. The lowest BCUT2D eigenvalue weighted by atomic mass is 10.2. The number of nitrogens with zero attached hydrogens (tertiary/aromatic N) is 1. The minimum Gasteiger partial charge on any atom is -0.433 e. The molecule has 0 unspecified atom stereocenters. The van der Waals surface area contributed by atoms with Gasteiger partial charge in [-0.3, -0.25) is 0 Å². The van der Waals surface area contributed by atoms with Crippen molar-refractivity contribution in [3.05, 3.63) is 48.0 Å². The van der Waals surface area contributed by atoms with Crippen molar-refractivity contribution in [3.63, 3.8) is 0 Å². The van der Waals surface area contributed by atoms with Crippen molar-refractivity contribution in [2.24, 2.45) is 0 Å². The number of benzene rings is 2. The second-order valence-electron chi connectivity index (χ2n) is 3.85. The van der Waals surface area contributed by atoms with Crippen LogP contribution in [-0.4, -0.2) is 4.98 Å². The van der Waals surface area contributed by atoms with Crippen LogP contribution in [0.15, 0.2) is 40.8 Å². The van der Waals surface area contributed by atoms with Crippen molar-refractivity contribution in [1.29, 1.82) is 0 Å². The molecule has 18 heavy (non-hydrogen) atoms. The number of rotatable bonds is 1. The molecule has 0 saturated carbocycles. The minimum absolute atomic E-state index is 0.0255. The number of halogens is 2. The maximum atomic E-state index is 13.6. The minimum atomic E-state index is -0.611. The van der Waals surface area contributed by atoms with Crippen LogP contribution in [0, 0.1) is 11.6 Å². The number of oxazole rings is 1. The Morgan fingerprint density at radius 3 is 2.61 bits per heavy atom. The van der Waals surface area contributed by atoms with Gasteiger partial charge in [0.15, 0.2) is 11.4 Å². The van der Waals surface area contributed by atoms with Gasteiger partial charge in [0.25, 0.3) is 0 Å². The Bertz CT molecular complexity index is 737. The van der Waals surface area contributed by atoms with Gasteiger partial charge in [0.1, 0.15) is 11.3 Å². The number of nitrogens with two attached hydrogens (primary N) is 1. The molecule has 90 valence electrons. The smallest absolute Gasteiger partial charge is 0.230 e. The average Bonchev–Trinajstić information content (AvgIpc) is 2.73. The summed E-state index contributed by atoms with van der Waals surface area (Å²) in [5.74, 6) is -1.05. The van der Waals surface area contributed by atoms with Crippen LogP contribution in [0.2, 0.25) is 0 Å². The largest absolute Gasteiger partial charge is 0.433 e. The van der Waals surface area contributed by atoms with E-state index >= 15 is 0 Å². The van der Waals surface area contributed by atoms with Gasteiger partial charge in [-0.15, -0.1) is 0 Å². The van der Waals surface area contributed by atoms with E-state index < -0.39 is 11.6 Å². The maximum Gasteiger partial charge on any atom is 0.230 e. The van der Waals surface area contributed by atoms with Crippen molar-refractivity contribution in [1.82, 2.24) is 4.98 Å². The molecule has 0 spiro atoms. The molecule has 0 aliphatic rings. The van der Waals surface area contributed by atoms with Gasteiger partial charge in [-0.05, 0) is 18.2 Å². The van der Waals surface area contributed by atoms with E-state index in [4.69, 9.17) is 10.2 Å². The molecule has 0 saturated heterocycles. The van der Waals surface area contributed by atoms with Gasteiger partial charge in [-0.1, -0.05) is 12.1 Å². The van der Waals surface area contributed by atoms with Gasteiger partial charge in [0, 0.05) is 11.8 Å². The summed E-state index contributed by atoms with van der Waals surface area (Å²) in [6.07, 6.45) is 0. The third kappa shape index (κ3) is 1.60. The van der Waals surface area contributed by atoms with Crippen molar-refractivity contribution in [3.8, 4) is 11.5 Å². The Morgan fingerprint density at radius 2 is 1.83 bits per heavy atom. The third-order valence-corrected chi connectivity index (χ3v) is 2.57. The standard InChI is InChI=1S/C13H8F2N2O/c14-9-4-2-1-3-8(9)13-17-11-6-7(16)5-10(15)12(11)18-13/h1-6H,16H2. The fourth-order valence-corrected chi connectivity index (χ4v) is 1.76. The van der Waals surface area contributed by atoms with Crippen molar-refractivity contribution in [2.75, 3.05) is 5.73 Å². The number of aromatic nitrogens is 1. The van der Waals surface area contributed by atoms with Crippen LogP contribution in [0.3, 0.4) is 0 Å². The SMILES string of the molecule is Nc1cc(F)c2oc(-c3ccccc3F)nc2c1. The van der Waals surface area contributed by atoms with Crippen LogP contribution < -0.4 is 5.73 Å². The Hall–Kier alpha value is -2.43. The Balaban J connectivity index is 2.26. The molecule has 0 fully saturated rings. The van der Waals surface area contributed by atoms with Crippen LogP contribution in [0.25, 0.3) is 22.6 Å². The third-order valence-electron chi connectivity index (χ3n) is 2.57. The molecule has 0 aliphatic carbocycles. The zero-order chi connectivity index (χ0) is 12.7. The summed E-state index contributed by atoms with van der Waals surface area (Å²) in [4.78, 5) is 4.04. The molecule has 2 aromatic carbocycles. The van der Waals surface area contributed by atoms with E-state index in [0.29, 0.717) is 0 Å². The van der Waals surface area contributed by atoms with Crippen molar-refractivity contribution < 1.29 is 13.2 Å². The van der Waals surface area contributed by atoms with Gasteiger partial charge < -0.3 is 10.2 Å². The van der Waals surface area contributed by atoms with E-state index in [-0.39, 0.29) is 28.2 Å². The Labute approximate surface area is 101 Å². The second-order valence-corrected chi connectivity index (χ2v) is 3.85. The molecule has 5 heteroatoms. The first-order chi connectivity index (χ1) is 8.65. The molecular weight excluding hydrogens is 238 g/mol. The summed E-state index contributed by atoms with van der Waals surface area (Å²) in [7, 11) is 0. The first kappa shape index (κ1) is 10.7. The molecule has 3 rings (SSSR count). The highest BCUT2D eigenvalue weighted by atomic mass is 19.1. The molecule has 3 nitrogen and oxygen atoms in total. The maximum absolute atomic E-state index is 13.6. The van der Waals surface area contributed by atoms with Gasteiger partial charge in [-0.2, -0.15) is 0 Å². The zero-order valence-electron chi connectivity index (χ0n) is 9.15. The lowest BCUT2D eigenvalue weighted by Crippen LogP contribution is -1.86. The van der Waals surface area contributed by atoms with E-state index in [1.807, 2.05) is 0 Å². The van der Waals surface area contributed by atoms with Crippen LogP contribution in [0.4, 0.5) is 14.5 Å². The van der Waals surface area contributed by atoms with E-state index in [2.05, 4.69) is 4.98 Å². The van der Waals surface area contributed by atoms with Gasteiger partial charge in [-0.25, -0.2) is 13.8 Å². The van der Waals surface area contributed by atoms with E-state index in [0.717, 1.165) is 6.07 Å². The van der Waals surface area contributed by atoms with E-state index in [1.54, 1.807) is 12.1 Å². The quantitative estimate of drug-likeness (QED) is 0.670. The average molecular weight is 246 g/mol. The fraction of sp³-hybridized carbons (Fsp3) is 0. The number of hydrogen-bond donors (Lipinski definition) is 1. The topological polar surface area (TPSA) is 52.0 Å². The van der Waals surface area contributed by atoms with Gasteiger partial charge in [0.2, 0.25) is 5.89 Å². The van der Waals surface area contributed by atoms with Crippen molar-refractivity contribution in [2.45, 2.75) is 0 Å². The lowest BCUT2D eigenvalue weighted by Gasteiger charge is -1.95. The number of anilines is 1. The summed E-state index contributed by atoms with van der Waals surface area (Å²) in [5, 5.41) is 0. The molecule has 0 amide bonds. The summed E-state index contributed by atoms with van der Waals surface area (Å²) in [6, 6.07) is 8.62. The van der Waals surface area contributed by atoms with E-state index in [1.165, 1.54) is 18.2 Å². The van der Waals surface area contributed by atoms with Gasteiger partial charge >= 0.3 is 0 Å². The lowest BCUT2D eigenvalue weighted by molar-refractivity contribution is 0.557. The Morgan fingerprint density at radius 1 is 1.06 bits per heavy atom. The normalized spacial score (nSPS) is 11.0. The molecule has 1 aromatic heterocycles. The Kier molecular flexibility index (Phi) is 2.26. The molecule has 1 heterocycles. The predicted molar refractivity (Wildman–Crippen MR) is 63.8 cm³/mol. The highest BCUT2D eigenvalue weighted by Gasteiger charge is 2.15. The molecule has 2 N–H and O–H groups in total.